The molecule has 2 spiro atoms. The second-order valence-electron chi connectivity index (χ2n) is 17.3. The van der Waals surface area contributed by atoms with Gasteiger partial charge in [-0.3, -0.25) is 14.4 Å². The third-order valence-corrected chi connectivity index (χ3v) is 14.6. The number of aliphatic hydroxyl groups excluding tert-OH is 1. The van der Waals surface area contributed by atoms with Gasteiger partial charge in [-0.1, -0.05) is 34.6 Å². The van der Waals surface area contributed by atoms with Crippen molar-refractivity contribution in [2.75, 3.05) is 13.2 Å². The van der Waals surface area contributed by atoms with E-state index in [0.29, 0.717) is 18.6 Å². The van der Waals surface area contributed by atoms with Gasteiger partial charge in [0, 0.05) is 18.3 Å². The number of rotatable bonds is 9. The molecule has 13 atom stereocenters. The van der Waals surface area contributed by atoms with E-state index >= 15 is 0 Å². The van der Waals surface area contributed by atoms with E-state index in [0.717, 1.165) is 44.9 Å². The van der Waals surface area contributed by atoms with E-state index < -0.39 is 41.6 Å². The van der Waals surface area contributed by atoms with Crippen LogP contribution in [-0.4, -0.2) is 77.8 Å². The fourth-order valence-corrected chi connectivity index (χ4v) is 12.7. The standard InChI is InChI=1S/C36H56O9/c1-20-17-22(30(32(5,6)41)43-21(2)39)44-28-27(20)33(7)13-14-36-19-35(36)12-11-25(45-26(18-38)42-16-15-37)31(3,4)23(35)9-10-24(36)34(33,8)29(28)40/h18,20,22-28,30,37,41H,9-17,19H2,1-8H3/t20-,22-,23+,24+,25+,26+,27+,28+,30+,33-,34-,35-,36+/m1/s1. The first kappa shape index (κ1) is 33.5. The van der Waals surface area contributed by atoms with Gasteiger partial charge in [-0.25, -0.2) is 0 Å². The molecule has 0 unspecified atom stereocenters. The quantitative estimate of drug-likeness (QED) is 0.212. The summed E-state index contributed by atoms with van der Waals surface area (Å²) in [6.07, 6.45) is 5.35. The van der Waals surface area contributed by atoms with Gasteiger partial charge in [0.1, 0.15) is 6.10 Å². The molecule has 0 aromatic rings. The lowest BCUT2D eigenvalue weighted by molar-refractivity contribution is -0.223. The summed E-state index contributed by atoms with van der Waals surface area (Å²) in [4.78, 5) is 38.6. The molecule has 9 nitrogen and oxygen atoms in total. The topological polar surface area (TPSA) is 129 Å². The Balaban J connectivity index is 1.27. The maximum atomic E-state index is 14.9. The minimum atomic E-state index is -1.31. The van der Waals surface area contributed by atoms with Crippen LogP contribution in [0.15, 0.2) is 0 Å². The predicted octanol–water partition coefficient (Wildman–Crippen LogP) is 4.63. The normalized spacial score (nSPS) is 47.7. The van der Waals surface area contributed by atoms with Crippen LogP contribution in [0.1, 0.15) is 107 Å². The van der Waals surface area contributed by atoms with E-state index in [2.05, 4.69) is 34.6 Å². The Kier molecular flexibility index (Phi) is 8.05. The van der Waals surface area contributed by atoms with Gasteiger partial charge < -0.3 is 29.2 Å². The average molecular weight is 633 g/mol. The van der Waals surface area contributed by atoms with Crippen molar-refractivity contribution >= 4 is 18.0 Å². The smallest absolute Gasteiger partial charge is 0.303 e. The molecule has 0 aromatic carbocycles. The van der Waals surface area contributed by atoms with Crippen molar-refractivity contribution < 1.29 is 43.5 Å². The molecule has 254 valence electrons. The van der Waals surface area contributed by atoms with Crippen molar-refractivity contribution in [3.63, 3.8) is 0 Å². The molecular formula is C36H56O9. The first-order valence-electron chi connectivity index (χ1n) is 17.4. The highest BCUT2D eigenvalue weighted by molar-refractivity contribution is 5.93. The first-order chi connectivity index (χ1) is 20.9. The first-order valence-corrected chi connectivity index (χ1v) is 17.4. The summed E-state index contributed by atoms with van der Waals surface area (Å²) in [7, 11) is 0. The summed E-state index contributed by atoms with van der Waals surface area (Å²) in [5, 5.41) is 20.1. The van der Waals surface area contributed by atoms with Crippen LogP contribution in [0.25, 0.3) is 0 Å². The SMILES string of the molecule is CC(=O)O[C@@H]([C@H]1C[C@@H](C)[C@H]2[C@H](O1)C(=O)[C@@]1(C)[C@@H]3CC[C@H]4C(C)(C)[C@@H](O[C@@H](C=O)OCCO)CC[C@@]45C[C@@]35CC[C@]21C)C(C)(C)O. The van der Waals surface area contributed by atoms with Crippen molar-refractivity contribution in [2.45, 2.75) is 143 Å². The second kappa shape index (κ2) is 10.8. The van der Waals surface area contributed by atoms with Crippen LogP contribution in [0.4, 0.5) is 0 Å². The van der Waals surface area contributed by atoms with E-state index in [-0.39, 0.29) is 64.5 Å². The van der Waals surface area contributed by atoms with Gasteiger partial charge in [-0.2, -0.15) is 0 Å². The van der Waals surface area contributed by atoms with Gasteiger partial charge in [0.05, 0.1) is 31.0 Å². The van der Waals surface area contributed by atoms with Crippen LogP contribution < -0.4 is 0 Å². The zero-order chi connectivity index (χ0) is 33.0. The molecule has 45 heavy (non-hydrogen) atoms. The Morgan fingerprint density at radius 2 is 1.76 bits per heavy atom. The van der Waals surface area contributed by atoms with Crippen LogP contribution in [0, 0.1) is 50.7 Å². The van der Waals surface area contributed by atoms with Crippen LogP contribution in [0.3, 0.4) is 0 Å². The molecule has 9 heteroatoms. The minimum absolute atomic E-state index is 0.0628. The largest absolute Gasteiger partial charge is 0.457 e. The third kappa shape index (κ3) is 4.53. The number of hydrogen-bond acceptors (Lipinski definition) is 9. The van der Waals surface area contributed by atoms with Gasteiger partial charge in [0.25, 0.3) is 0 Å². The van der Waals surface area contributed by atoms with Crippen LogP contribution in [0.2, 0.25) is 0 Å². The number of ether oxygens (including phenoxy) is 4. The second-order valence-corrected chi connectivity index (χ2v) is 17.3. The average Bonchev–Trinajstić information content (AvgIpc) is 3.59. The Hall–Kier alpha value is -1.39. The number of fused-ring (bicyclic) bond motifs is 4. The molecular weight excluding hydrogens is 576 g/mol. The van der Waals surface area contributed by atoms with E-state index in [9.17, 15) is 24.6 Å². The Bertz CT molecular complexity index is 1210. The number of carbonyl (C=O) groups excluding carboxylic acids is 3. The van der Waals surface area contributed by atoms with Crippen molar-refractivity contribution in [2.24, 2.45) is 50.7 Å². The maximum absolute atomic E-state index is 14.9. The number of esters is 1. The summed E-state index contributed by atoms with van der Waals surface area (Å²) in [6, 6.07) is 0. The van der Waals surface area contributed by atoms with Crippen molar-refractivity contribution in [3.05, 3.63) is 0 Å². The fourth-order valence-electron chi connectivity index (χ4n) is 12.7. The summed E-state index contributed by atoms with van der Waals surface area (Å²) in [5.41, 5.74) is -1.92. The Morgan fingerprint density at radius 3 is 2.38 bits per heavy atom. The number of carbonyl (C=O) groups is 3. The lowest BCUT2D eigenvalue weighted by Crippen LogP contribution is -2.59. The Morgan fingerprint density at radius 1 is 1.09 bits per heavy atom. The van der Waals surface area contributed by atoms with Gasteiger partial charge in [0.15, 0.2) is 18.2 Å². The molecule has 0 amide bonds. The molecule has 0 aromatic heterocycles. The van der Waals surface area contributed by atoms with E-state index in [1.807, 2.05) is 0 Å². The maximum Gasteiger partial charge on any atom is 0.303 e. The molecule has 6 aliphatic rings. The zero-order valence-electron chi connectivity index (χ0n) is 28.6. The molecule has 6 fully saturated rings. The number of Topliss-reactive ketones (excluding diaryl/α,β-unsaturated/α-hetero) is 1. The van der Waals surface area contributed by atoms with Crippen LogP contribution >= 0.6 is 0 Å². The van der Waals surface area contributed by atoms with Gasteiger partial charge in [-0.05, 0) is 105 Å². The highest BCUT2D eigenvalue weighted by atomic mass is 16.7. The van der Waals surface area contributed by atoms with Crippen molar-refractivity contribution in [1.29, 1.82) is 0 Å². The fraction of sp³-hybridized carbons (Fsp3) is 0.917. The summed E-state index contributed by atoms with van der Waals surface area (Å²) >= 11 is 0. The number of aliphatic hydroxyl groups is 2. The van der Waals surface area contributed by atoms with E-state index in [4.69, 9.17) is 18.9 Å². The highest BCUT2D eigenvalue weighted by Crippen LogP contribution is 2.89. The lowest BCUT2D eigenvalue weighted by atomic mass is 9.41. The molecule has 1 heterocycles. The van der Waals surface area contributed by atoms with Gasteiger partial charge in [0.2, 0.25) is 6.29 Å². The number of hydrogen-bond donors (Lipinski definition) is 2. The van der Waals surface area contributed by atoms with Crippen molar-refractivity contribution in [1.82, 2.24) is 0 Å². The predicted molar refractivity (Wildman–Crippen MR) is 165 cm³/mol. The summed E-state index contributed by atoms with van der Waals surface area (Å²) in [6.45, 7) is 15.9. The molecule has 1 aliphatic heterocycles. The molecule has 5 saturated carbocycles. The zero-order valence-corrected chi connectivity index (χ0v) is 28.6. The molecule has 1 saturated heterocycles. The van der Waals surface area contributed by atoms with Crippen molar-refractivity contribution in [3.8, 4) is 0 Å². The highest BCUT2D eigenvalue weighted by Gasteiger charge is 2.85. The molecule has 2 N–H and O–H groups in total. The van der Waals surface area contributed by atoms with E-state index in [1.54, 1.807) is 13.8 Å². The molecule has 6 rings (SSSR count). The van der Waals surface area contributed by atoms with Crippen LogP contribution in [-0.2, 0) is 33.3 Å². The van der Waals surface area contributed by atoms with E-state index in [1.165, 1.54) is 6.92 Å². The summed E-state index contributed by atoms with van der Waals surface area (Å²) in [5.74, 6) is 0.692. The number of ketones is 1. The Labute approximate surface area is 268 Å². The molecule has 5 aliphatic carbocycles. The molecule has 0 bridgehead atoms. The monoisotopic (exact) mass is 632 g/mol. The molecule has 0 radical (unpaired) electrons. The summed E-state index contributed by atoms with van der Waals surface area (Å²) < 4.78 is 24.0. The third-order valence-electron chi connectivity index (χ3n) is 14.6. The van der Waals surface area contributed by atoms with Crippen LogP contribution in [0.5, 0.6) is 0 Å². The van der Waals surface area contributed by atoms with Gasteiger partial charge in [-0.15, -0.1) is 0 Å². The minimum Gasteiger partial charge on any atom is -0.457 e. The van der Waals surface area contributed by atoms with Gasteiger partial charge >= 0.3 is 5.97 Å². The number of aldehydes is 1. The lowest BCUT2D eigenvalue weighted by Gasteiger charge is -2.62.